The first-order chi connectivity index (χ1) is 8.61. The molecule has 0 bridgehead atoms. The topological polar surface area (TPSA) is 38.0 Å². The normalized spacial score (nSPS) is 26.0. The minimum atomic E-state index is -0.236. The first-order valence-corrected chi connectivity index (χ1v) is 6.90. The van der Waals surface area contributed by atoms with Crippen LogP contribution in [0.4, 0.5) is 4.39 Å². The van der Waals surface area contributed by atoms with E-state index in [1.165, 1.54) is 18.9 Å². The summed E-state index contributed by atoms with van der Waals surface area (Å²) in [4.78, 5) is 0. The first kappa shape index (κ1) is 13.8. The van der Waals surface area contributed by atoms with Crippen LogP contribution in [0.2, 0.25) is 5.02 Å². The minimum absolute atomic E-state index is 0.147. The lowest BCUT2D eigenvalue weighted by Gasteiger charge is -2.33. The van der Waals surface area contributed by atoms with Gasteiger partial charge in [0.1, 0.15) is 5.82 Å². The standard InChI is InChI=1S/C14H20ClFN2/c1-9-3-2-4-10(7-9)14(18-17)12-8-11(15)5-6-13(12)16/h5-6,8-10,14,18H,2-4,7,17H2,1H3. The Morgan fingerprint density at radius 3 is 2.89 bits per heavy atom. The lowest BCUT2D eigenvalue weighted by atomic mass is 9.77. The van der Waals surface area contributed by atoms with E-state index in [4.69, 9.17) is 17.4 Å². The number of hydrogen-bond donors (Lipinski definition) is 2. The number of rotatable bonds is 3. The Labute approximate surface area is 113 Å². The smallest absolute Gasteiger partial charge is 0.128 e. The van der Waals surface area contributed by atoms with E-state index in [9.17, 15) is 4.39 Å². The number of nitrogens with two attached hydrogens (primary N) is 1. The Morgan fingerprint density at radius 2 is 2.22 bits per heavy atom. The molecule has 0 amide bonds. The predicted octanol–water partition coefficient (Wildman–Crippen LogP) is 3.81. The molecule has 3 atom stereocenters. The van der Waals surface area contributed by atoms with Crippen LogP contribution in [0.5, 0.6) is 0 Å². The van der Waals surface area contributed by atoms with Crippen LogP contribution in [0.3, 0.4) is 0 Å². The van der Waals surface area contributed by atoms with E-state index in [0.717, 1.165) is 12.8 Å². The van der Waals surface area contributed by atoms with Gasteiger partial charge in [0.15, 0.2) is 0 Å². The lowest BCUT2D eigenvalue weighted by Crippen LogP contribution is -2.36. The van der Waals surface area contributed by atoms with Gasteiger partial charge in [0.2, 0.25) is 0 Å². The summed E-state index contributed by atoms with van der Waals surface area (Å²) in [7, 11) is 0. The van der Waals surface area contributed by atoms with Crippen molar-refractivity contribution in [1.29, 1.82) is 0 Å². The Hall–Kier alpha value is -0.640. The third-order valence-corrected chi connectivity index (χ3v) is 4.16. The zero-order valence-corrected chi connectivity index (χ0v) is 11.4. The fourth-order valence-corrected chi connectivity index (χ4v) is 3.20. The molecule has 0 spiro atoms. The second-order valence-corrected chi connectivity index (χ2v) is 5.78. The Bertz CT molecular complexity index is 411. The lowest BCUT2D eigenvalue weighted by molar-refractivity contribution is 0.221. The molecule has 1 saturated carbocycles. The molecule has 0 aromatic heterocycles. The molecule has 2 nitrogen and oxygen atoms in total. The van der Waals surface area contributed by atoms with Crippen LogP contribution in [0.25, 0.3) is 0 Å². The number of benzene rings is 1. The van der Waals surface area contributed by atoms with E-state index in [-0.39, 0.29) is 11.9 Å². The van der Waals surface area contributed by atoms with Crippen molar-refractivity contribution < 1.29 is 4.39 Å². The fraction of sp³-hybridized carbons (Fsp3) is 0.571. The summed E-state index contributed by atoms with van der Waals surface area (Å²) in [6.07, 6.45) is 4.62. The zero-order chi connectivity index (χ0) is 13.1. The summed E-state index contributed by atoms with van der Waals surface area (Å²) in [5.74, 6) is 6.47. The summed E-state index contributed by atoms with van der Waals surface area (Å²) in [6.45, 7) is 2.24. The van der Waals surface area contributed by atoms with E-state index in [1.54, 1.807) is 12.1 Å². The summed E-state index contributed by atoms with van der Waals surface area (Å²) < 4.78 is 13.9. The van der Waals surface area contributed by atoms with Gasteiger partial charge in [0.25, 0.3) is 0 Å². The third kappa shape index (κ3) is 3.02. The van der Waals surface area contributed by atoms with Gasteiger partial charge in [-0.05, 0) is 42.9 Å². The van der Waals surface area contributed by atoms with Crippen molar-refractivity contribution >= 4 is 11.6 Å². The van der Waals surface area contributed by atoms with Crippen LogP contribution in [-0.2, 0) is 0 Å². The average molecular weight is 271 g/mol. The summed E-state index contributed by atoms with van der Waals surface area (Å²) >= 11 is 5.95. The molecule has 0 radical (unpaired) electrons. The minimum Gasteiger partial charge on any atom is -0.271 e. The molecule has 0 saturated heterocycles. The molecule has 3 N–H and O–H groups in total. The largest absolute Gasteiger partial charge is 0.271 e. The molecule has 1 aliphatic rings. The van der Waals surface area contributed by atoms with Crippen LogP contribution in [0.1, 0.15) is 44.2 Å². The molecule has 1 aromatic carbocycles. The molecule has 3 unspecified atom stereocenters. The van der Waals surface area contributed by atoms with E-state index < -0.39 is 0 Å². The van der Waals surface area contributed by atoms with Gasteiger partial charge in [-0.15, -0.1) is 0 Å². The summed E-state index contributed by atoms with van der Waals surface area (Å²) in [5, 5.41) is 0.551. The van der Waals surface area contributed by atoms with Crippen molar-refractivity contribution in [3.05, 3.63) is 34.6 Å². The molecule has 18 heavy (non-hydrogen) atoms. The van der Waals surface area contributed by atoms with Gasteiger partial charge in [-0.3, -0.25) is 11.3 Å². The number of hydrogen-bond acceptors (Lipinski definition) is 2. The molecule has 0 aliphatic heterocycles. The first-order valence-electron chi connectivity index (χ1n) is 6.53. The number of hydrazine groups is 1. The maximum Gasteiger partial charge on any atom is 0.128 e. The van der Waals surface area contributed by atoms with Crippen molar-refractivity contribution in [2.75, 3.05) is 0 Å². The summed E-state index contributed by atoms with van der Waals surface area (Å²) in [6, 6.07) is 4.51. The Morgan fingerprint density at radius 1 is 1.44 bits per heavy atom. The molecular weight excluding hydrogens is 251 g/mol. The number of nitrogens with one attached hydrogen (secondary N) is 1. The van der Waals surface area contributed by atoms with Crippen LogP contribution < -0.4 is 11.3 Å². The highest BCUT2D eigenvalue weighted by Crippen LogP contribution is 2.38. The van der Waals surface area contributed by atoms with Crippen molar-refractivity contribution in [3.63, 3.8) is 0 Å². The highest BCUT2D eigenvalue weighted by atomic mass is 35.5. The van der Waals surface area contributed by atoms with Gasteiger partial charge in [0.05, 0.1) is 6.04 Å². The molecule has 1 aliphatic carbocycles. The predicted molar refractivity (Wildman–Crippen MR) is 72.6 cm³/mol. The van der Waals surface area contributed by atoms with E-state index >= 15 is 0 Å². The highest BCUT2D eigenvalue weighted by molar-refractivity contribution is 6.30. The molecule has 1 fully saturated rings. The summed E-state index contributed by atoms with van der Waals surface area (Å²) in [5.41, 5.74) is 3.37. The van der Waals surface area contributed by atoms with Crippen molar-refractivity contribution in [3.8, 4) is 0 Å². The van der Waals surface area contributed by atoms with Crippen LogP contribution in [-0.4, -0.2) is 0 Å². The van der Waals surface area contributed by atoms with Gasteiger partial charge in [-0.25, -0.2) is 4.39 Å². The van der Waals surface area contributed by atoms with E-state index in [0.29, 0.717) is 22.4 Å². The number of halogens is 2. The Kier molecular flexibility index (Phi) is 4.60. The van der Waals surface area contributed by atoms with Gasteiger partial charge in [-0.2, -0.15) is 0 Å². The van der Waals surface area contributed by atoms with E-state index in [2.05, 4.69) is 12.3 Å². The molecule has 1 aromatic rings. The van der Waals surface area contributed by atoms with Gasteiger partial charge in [0, 0.05) is 10.6 Å². The quantitative estimate of drug-likeness (QED) is 0.647. The highest BCUT2D eigenvalue weighted by Gasteiger charge is 2.28. The monoisotopic (exact) mass is 270 g/mol. The molecule has 0 heterocycles. The molecule has 2 rings (SSSR count). The van der Waals surface area contributed by atoms with Gasteiger partial charge < -0.3 is 0 Å². The third-order valence-electron chi connectivity index (χ3n) is 3.92. The Balaban J connectivity index is 2.24. The van der Waals surface area contributed by atoms with Gasteiger partial charge in [-0.1, -0.05) is 31.4 Å². The molecule has 100 valence electrons. The second-order valence-electron chi connectivity index (χ2n) is 5.34. The van der Waals surface area contributed by atoms with Crippen molar-refractivity contribution in [1.82, 2.24) is 5.43 Å². The van der Waals surface area contributed by atoms with Crippen molar-refractivity contribution in [2.24, 2.45) is 17.7 Å². The zero-order valence-electron chi connectivity index (χ0n) is 10.6. The molecule has 4 heteroatoms. The van der Waals surface area contributed by atoms with E-state index in [1.807, 2.05) is 0 Å². The SMILES string of the molecule is CC1CCCC(C(NN)c2cc(Cl)ccc2F)C1. The maximum absolute atomic E-state index is 13.9. The van der Waals surface area contributed by atoms with Crippen LogP contribution in [0, 0.1) is 17.7 Å². The molecular formula is C14H20ClFN2. The van der Waals surface area contributed by atoms with Crippen LogP contribution in [0.15, 0.2) is 18.2 Å². The van der Waals surface area contributed by atoms with Crippen molar-refractivity contribution in [2.45, 2.75) is 38.6 Å². The fourth-order valence-electron chi connectivity index (χ4n) is 3.02. The maximum atomic E-state index is 13.9. The average Bonchev–Trinajstić information content (AvgIpc) is 2.35. The van der Waals surface area contributed by atoms with Crippen LogP contribution >= 0.6 is 11.6 Å². The van der Waals surface area contributed by atoms with Gasteiger partial charge >= 0.3 is 0 Å². The second kappa shape index (κ2) is 6.00.